The number of aromatic nitrogens is 3. The van der Waals surface area contributed by atoms with E-state index in [-0.39, 0.29) is 0 Å². The molecule has 0 aliphatic carbocycles. The third-order valence-electron chi connectivity index (χ3n) is 2.17. The van der Waals surface area contributed by atoms with Crippen LogP contribution in [-0.2, 0) is 6.54 Å². The quantitative estimate of drug-likeness (QED) is 0.757. The van der Waals surface area contributed by atoms with Gasteiger partial charge in [0, 0.05) is 0 Å². The molecule has 0 amide bonds. The van der Waals surface area contributed by atoms with Gasteiger partial charge in [-0.15, -0.1) is 10.2 Å². The molecule has 2 rings (SSSR count). The van der Waals surface area contributed by atoms with Crippen molar-refractivity contribution >= 4 is 11.6 Å². The fourth-order valence-corrected chi connectivity index (χ4v) is 1.47. The Morgan fingerprint density at radius 1 is 1.36 bits per heavy atom. The number of nitrogens with zero attached hydrogens (tertiary/aromatic N) is 3. The monoisotopic (exact) mass is 207 g/mol. The van der Waals surface area contributed by atoms with E-state index in [0.717, 1.165) is 6.54 Å². The van der Waals surface area contributed by atoms with Gasteiger partial charge in [-0.1, -0.05) is 24.3 Å². The van der Waals surface area contributed by atoms with Crippen molar-refractivity contribution < 1.29 is 0 Å². The van der Waals surface area contributed by atoms with E-state index in [0.29, 0.717) is 5.28 Å². The van der Waals surface area contributed by atoms with Gasteiger partial charge in [-0.05, 0) is 29.7 Å². The van der Waals surface area contributed by atoms with Crippen LogP contribution >= 0.6 is 11.6 Å². The number of hydrogen-bond donors (Lipinski definition) is 0. The maximum Gasteiger partial charge on any atom is 0.225 e. The smallest absolute Gasteiger partial charge is 0.225 e. The van der Waals surface area contributed by atoms with Crippen LogP contribution in [0.2, 0.25) is 5.28 Å². The van der Waals surface area contributed by atoms with Gasteiger partial charge in [-0.25, -0.2) is 0 Å². The van der Waals surface area contributed by atoms with Crippen LogP contribution in [0.5, 0.6) is 0 Å². The van der Waals surface area contributed by atoms with Crippen LogP contribution in [0.4, 0.5) is 0 Å². The maximum atomic E-state index is 5.83. The van der Waals surface area contributed by atoms with E-state index in [9.17, 15) is 0 Å². The minimum Gasteiger partial charge on any atom is -0.300 e. The number of aryl methyl sites for hydroxylation is 1. The molecule has 2 aromatic rings. The Morgan fingerprint density at radius 3 is 2.79 bits per heavy atom. The lowest BCUT2D eigenvalue weighted by atomic mass is 10.1. The average molecular weight is 208 g/mol. The first kappa shape index (κ1) is 9.21. The molecule has 1 aromatic carbocycles. The summed E-state index contributed by atoms with van der Waals surface area (Å²) in [5.74, 6) is 0. The first-order valence-corrected chi connectivity index (χ1v) is 4.73. The van der Waals surface area contributed by atoms with Gasteiger partial charge in [-0.2, -0.15) is 0 Å². The zero-order valence-electron chi connectivity index (χ0n) is 7.81. The summed E-state index contributed by atoms with van der Waals surface area (Å²) in [5, 5.41) is 7.87. The molecule has 14 heavy (non-hydrogen) atoms. The van der Waals surface area contributed by atoms with E-state index in [4.69, 9.17) is 11.6 Å². The highest BCUT2D eigenvalue weighted by Crippen LogP contribution is 2.11. The van der Waals surface area contributed by atoms with E-state index < -0.39 is 0 Å². The second-order valence-corrected chi connectivity index (χ2v) is 3.49. The molecular weight excluding hydrogens is 198 g/mol. The molecule has 3 nitrogen and oxygen atoms in total. The van der Waals surface area contributed by atoms with Crippen LogP contribution in [0.1, 0.15) is 11.1 Å². The minimum absolute atomic E-state index is 0.424. The summed E-state index contributed by atoms with van der Waals surface area (Å²) >= 11 is 5.83. The van der Waals surface area contributed by atoms with Crippen molar-refractivity contribution in [3.8, 4) is 0 Å². The number of benzene rings is 1. The van der Waals surface area contributed by atoms with Gasteiger partial charge in [0.2, 0.25) is 5.28 Å². The van der Waals surface area contributed by atoms with Gasteiger partial charge in [-0.3, -0.25) is 4.57 Å². The first-order chi connectivity index (χ1) is 6.77. The molecule has 0 aliphatic heterocycles. The molecule has 0 unspecified atom stereocenters. The summed E-state index contributed by atoms with van der Waals surface area (Å²) in [4.78, 5) is 0. The van der Waals surface area contributed by atoms with Crippen molar-refractivity contribution in [2.75, 3.05) is 0 Å². The molecule has 1 heterocycles. The first-order valence-electron chi connectivity index (χ1n) is 4.35. The van der Waals surface area contributed by atoms with Gasteiger partial charge < -0.3 is 0 Å². The van der Waals surface area contributed by atoms with Crippen molar-refractivity contribution in [3.63, 3.8) is 0 Å². The molecular formula is C10H10ClN3. The van der Waals surface area contributed by atoms with Crippen LogP contribution in [0.25, 0.3) is 0 Å². The van der Waals surface area contributed by atoms with E-state index in [1.54, 1.807) is 6.33 Å². The standard InChI is InChI=1S/C10H10ClN3/c1-8-4-2-3-5-9(8)6-14-7-12-13-10(14)11/h2-5,7H,6H2,1H3. The molecule has 0 aliphatic rings. The summed E-state index contributed by atoms with van der Waals surface area (Å²) in [6.07, 6.45) is 1.63. The average Bonchev–Trinajstić information content (AvgIpc) is 2.56. The topological polar surface area (TPSA) is 30.7 Å². The van der Waals surface area contributed by atoms with Gasteiger partial charge in [0.15, 0.2) is 0 Å². The molecule has 0 N–H and O–H groups in total. The highest BCUT2D eigenvalue weighted by molar-refractivity contribution is 6.28. The van der Waals surface area contributed by atoms with Crippen molar-refractivity contribution in [3.05, 3.63) is 47.0 Å². The molecule has 0 spiro atoms. The molecule has 0 atom stereocenters. The summed E-state index contributed by atoms with van der Waals surface area (Å²) < 4.78 is 1.81. The third kappa shape index (κ3) is 1.77. The van der Waals surface area contributed by atoms with Crippen LogP contribution in [0.3, 0.4) is 0 Å². The Morgan fingerprint density at radius 2 is 2.14 bits per heavy atom. The minimum atomic E-state index is 0.424. The number of rotatable bonds is 2. The second kappa shape index (κ2) is 3.80. The Balaban J connectivity index is 2.28. The Hall–Kier alpha value is -1.35. The Bertz CT molecular complexity index is 436. The molecule has 72 valence electrons. The largest absolute Gasteiger partial charge is 0.300 e. The fourth-order valence-electron chi connectivity index (χ4n) is 1.32. The van der Waals surface area contributed by atoms with Gasteiger partial charge in [0.25, 0.3) is 0 Å². The highest BCUT2D eigenvalue weighted by atomic mass is 35.5. The maximum absolute atomic E-state index is 5.83. The molecule has 0 fully saturated rings. The third-order valence-corrected chi connectivity index (χ3v) is 2.46. The van der Waals surface area contributed by atoms with E-state index in [2.05, 4.69) is 29.3 Å². The molecule has 0 saturated heterocycles. The second-order valence-electron chi connectivity index (χ2n) is 3.15. The van der Waals surface area contributed by atoms with Gasteiger partial charge in [0.1, 0.15) is 6.33 Å². The van der Waals surface area contributed by atoms with Crippen molar-refractivity contribution in [1.82, 2.24) is 14.8 Å². The predicted octanol–water partition coefficient (Wildman–Crippen LogP) is 2.29. The van der Waals surface area contributed by atoms with E-state index >= 15 is 0 Å². The summed E-state index contributed by atoms with van der Waals surface area (Å²) in [7, 11) is 0. The lowest BCUT2D eigenvalue weighted by Crippen LogP contribution is -2.00. The summed E-state index contributed by atoms with van der Waals surface area (Å²) in [5.41, 5.74) is 2.48. The number of hydrogen-bond acceptors (Lipinski definition) is 2. The van der Waals surface area contributed by atoms with Crippen LogP contribution in [0, 0.1) is 6.92 Å². The van der Waals surface area contributed by atoms with E-state index in [1.165, 1.54) is 11.1 Å². The van der Waals surface area contributed by atoms with Crippen LogP contribution in [0.15, 0.2) is 30.6 Å². The van der Waals surface area contributed by atoms with E-state index in [1.807, 2.05) is 16.7 Å². The Labute approximate surface area is 87.3 Å². The van der Waals surface area contributed by atoms with Gasteiger partial charge >= 0.3 is 0 Å². The highest BCUT2D eigenvalue weighted by Gasteiger charge is 2.02. The molecule has 4 heteroatoms. The normalized spacial score (nSPS) is 10.4. The number of halogens is 1. The van der Waals surface area contributed by atoms with Crippen molar-refractivity contribution in [1.29, 1.82) is 0 Å². The molecule has 0 saturated carbocycles. The van der Waals surface area contributed by atoms with Gasteiger partial charge in [0.05, 0.1) is 6.54 Å². The van der Waals surface area contributed by atoms with Crippen molar-refractivity contribution in [2.45, 2.75) is 13.5 Å². The lowest BCUT2D eigenvalue weighted by molar-refractivity contribution is 0.790. The molecule has 0 radical (unpaired) electrons. The summed E-state index contributed by atoms with van der Waals surface area (Å²) in [6.45, 7) is 2.80. The zero-order valence-corrected chi connectivity index (χ0v) is 8.57. The zero-order chi connectivity index (χ0) is 9.97. The SMILES string of the molecule is Cc1ccccc1Cn1cnnc1Cl. The predicted molar refractivity (Wildman–Crippen MR) is 55.3 cm³/mol. The van der Waals surface area contributed by atoms with Crippen molar-refractivity contribution in [2.24, 2.45) is 0 Å². The fraction of sp³-hybridized carbons (Fsp3) is 0.200. The lowest BCUT2D eigenvalue weighted by Gasteiger charge is -2.05. The van der Waals surface area contributed by atoms with Crippen LogP contribution in [-0.4, -0.2) is 14.8 Å². The Kier molecular flexibility index (Phi) is 2.50. The molecule has 0 bridgehead atoms. The molecule has 1 aromatic heterocycles. The summed E-state index contributed by atoms with van der Waals surface area (Å²) in [6, 6.07) is 8.19. The van der Waals surface area contributed by atoms with Crippen LogP contribution < -0.4 is 0 Å².